The summed E-state index contributed by atoms with van der Waals surface area (Å²) in [5, 5.41) is 0. The third-order valence-corrected chi connectivity index (χ3v) is 3.84. The van der Waals surface area contributed by atoms with Gasteiger partial charge < -0.3 is 5.73 Å². The van der Waals surface area contributed by atoms with E-state index < -0.39 is 0 Å². The van der Waals surface area contributed by atoms with Crippen LogP contribution in [-0.4, -0.2) is 15.0 Å². The molecule has 0 radical (unpaired) electrons. The molecule has 0 aliphatic heterocycles. The molecule has 2 N–H and O–H groups in total. The molecular formula is C13H13BrN4. The molecule has 18 heavy (non-hydrogen) atoms. The molecule has 0 saturated carbocycles. The Labute approximate surface area is 114 Å². The predicted molar refractivity (Wildman–Crippen MR) is 72.8 cm³/mol. The number of halogens is 1. The fourth-order valence-corrected chi connectivity index (χ4v) is 2.68. The van der Waals surface area contributed by atoms with Crippen LogP contribution in [0.5, 0.6) is 0 Å². The highest BCUT2D eigenvalue weighted by Gasteiger charge is 2.20. The zero-order valence-corrected chi connectivity index (χ0v) is 11.4. The molecule has 1 unspecified atom stereocenters. The molecule has 5 heteroatoms. The first-order valence-corrected chi connectivity index (χ1v) is 6.77. The Morgan fingerprint density at radius 2 is 2.22 bits per heavy atom. The van der Waals surface area contributed by atoms with Crippen LogP contribution in [0, 0.1) is 0 Å². The smallest absolute Gasteiger partial charge is 0.179 e. The molecule has 1 aliphatic carbocycles. The second-order valence-corrected chi connectivity index (χ2v) is 5.28. The first kappa shape index (κ1) is 11.7. The monoisotopic (exact) mass is 304 g/mol. The molecule has 0 spiro atoms. The largest absolute Gasteiger partial charge is 0.324 e. The Balaban J connectivity index is 2.08. The van der Waals surface area contributed by atoms with Gasteiger partial charge in [0.05, 0.1) is 0 Å². The highest BCUT2D eigenvalue weighted by molar-refractivity contribution is 9.10. The molecular weight excluding hydrogens is 292 g/mol. The maximum Gasteiger partial charge on any atom is 0.179 e. The Bertz CT molecular complexity index is 585. The molecule has 0 bridgehead atoms. The summed E-state index contributed by atoms with van der Waals surface area (Å²) in [6.45, 7) is 0. The molecule has 2 heterocycles. The zero-order chi connectivity index (χ0) is 12.5. The average Bonchev–Trinajstić information content (AvgIpc) is 2.39. The van der Waals surface area contributed by atoms with Gasteiger partial charge in [0.2, 0.25) is 0 Å². The standard InChI is InChI=1S/C13H13BrN4/c14-9-3-2-6-16-12(9)13-17-7-8-10(15)4-1-5-11(8)18-13/h2-3,6-7,10H,1,4-5,15H2. The maximum absolute atomic E-state index is 6.06. The highest BCUT2D eigenvalue weighted by atomic mass is 79.9. The molecule has 1 atom stereocenters. The lowest BCUT2D eigenvalue weighted by molar-refractivity contribution is 0.557. The number of nitrogens with two attached hydrogens (primary N) is 1. The summed E-state index contributed by atoms with van der Waals surface area (Å²) in [7, 11) is 0. The van der Waals surface area contributed by atoms with Gasteiger partial charge in [0.25, 0.3) is 0 Å². The van der Waals surface area contributed by atoms with Crippen molar-refractivity contribution < 1.29 is 0 Å². The van der Waals surface area contributed by atoms with E-state index in [4.69, 9.17) is 5.73 Å². The minimum Gasteiger partial charge on any atom is -0.324 e. The van der Waals surface area contributed by atoms with Gasteiger partial charge in [0.1, 0.15) is 5.69 Å². The van der Waals surface area contributed by atoms with Crippen molar-refractivity contribution >= 4 is 15.9 Å². The van der Waals surface area contributed by atoms with Crippen LogP contribution in [0.1, 0.15) is 30.1 Å². The Kier molecular flexibility index (Phi) is 3.09. The fraction of sp³-hybridized carbons (Fsp3) is 0.308. The third kappa shape index (κ3) is 2.04. The van der Waals surface area contributed by atoms with Gasteiger partial charge in [-0.3, -0.25) is 4.98 Å². The lowest BCUT2D eigenvalue weighted by Crippen LogP contribution is -2.19. The zero-order valence-electron chi connectivity index (χ0n) is 9.81. The SMILES string of the molecule is NC1CCCc2nc(-c3ncccc3Br)ncc21. The van der Waals surface area contributed by atoms with Crippen molar-refractivity contribution in [2.75, 3.05) is 0 Å². The van der Waals surface area contributed by atoms with E-state index in [1.54, 1.807) is 6.20 Å². The summed E-state index contributed by atoms with van der Waals surface area (Å²) >= 11 is 3.47. The molecule has 0 saturated heterocycles. The van der Waals surface area contributed by atoms with Crippen molar-refractivity contribution in [3.05, 3.63) is 40.3 Å². The minimum atomic E-state index is 0.0787. The summed E-state index contributed by atoms with van der Waals surface area (Å²) < 4.78 is 0.907. The van der Waals surface area contributed by atoms with E-state index in [9.17, 15) is 0 Å². The van der Waals surface area contributed by atoms with E-state index in [0.29, 0.717) is 5.82 Å². The Morgan fingerprint density at radius 3 is 3.06 bits per heavy atom. The van der Waals surface area contributed by atoms with Crippen molar-refractivity contribution in [1.82, 2.24) is 15.0 Å². The first-order chi connectivity index (χ1) is 8.75. The lowest BCUT2D eigenvalue weighted by atomic mass is 9.93. The van der Waals surface area contributed by atoms with Crippen LogP contribution in [0.2, 0.25) is 0 Å². The molecule has 0 fully saturated rings. The van der Waals surface area contributed by atoms with E-state index in [1.165, 1.54) is 0 Å². The van der Waals surface area contributed by atoms with E-state index in [1.807, 2.05) is 18.3 Å². The Hall–Kier alpha value is -1.33. The van der Waals surface area contributed by atoms with Crippen molar-refractivity contribution in [1.29, 1.82) is 0 Å². The summed E-state index contributed by atoms with van der Waals surface area (Å²) in [5.41, 5.74) is 8.98. The lowest BCUT2D eigenvalue weighted by Gasteiger charge is -2.20. The van der Waals surface area contributed by atoms with E-state index >= 15 is 0 Å². The number of aryl methyl sites for hydroxylation is 1. The summed E-state index contributed by atoms with van der Waals surface area (Å²) in [5.74, 6) is 0.662. The Morgan fingerprint density at radius 1 is 1.33 bits per heavy atom. The van der Waals surface area contributed by atoms with Gasteiger partial charge in [-0.15, -0.1) is 0 Å². The normalized spacial score (nSPS) is 18.4. The maximum atomic E-state index is 6.06. The van der Waals surface area contributed by atoms with Gasteiger partial charge in [0, 0.05) is 34.2 Å². The van der Waals surface area contributed by atoms with Crippen LogP contribution in [0.25, 0.3) is 11.5 Å². The quantitative estimate of drug-likeness (QED) is 0.879. The number of nitrogens with zero attached hydrogens (tertiary/aromatic N) is 3. The van der Waals surface area contributed by atoms with Gasteiger partial charge in [-0.05, 0) is 47.3 Å². The number of fused-ring (bicyclic) bond motifs is 1. The first-order valence-electron chi connectivity index (χ1n) is 5.98. The number of pyridine rings is 1. The van der Waals surface area contributed by atoms with Crippen LogP contribution >= 0.6 is 15.9 Å². The third-order valence-electron chi connectivity index (χ3n) is 3.20. The highest BCUT2D eigenvalue weighted by Crippen LogP contribution is 2.29. The van der Waals surface area contributed by atoms with Crippen molar-refractivity contribution in [3.63, 3.8) is 0 Å². The summed E-state index contributed by atoms with van der Waals surface area (Å²) in [6.07, 6.45) is 6.68. The van der Waals surface area contributed by atoms with Crippen molar-refractivity contribution in [2.24, 2.45) is 5.73 Å². The summed E-state index contributed by atoms with van der Waals surface area (Å²) in [4.78, 5) is 13.3. The molecule has 2 aromatic heterocycles. The van der Waals surface area contributed by atoms with Gasteiger partial charge in [-0.2, -0.15) is 0 Å². The van der Waals surface area contributed by atoms with Crippen LogP contribution in [0.3, 0.4) is 0 Å². The molecule has 0 aromatic carbocycles. The van der Waals surface area contributed by atoms with Gasteiger partial charge >= 0.3 is 0 Å². The predicted octanol–water partition coefficient (Wildman–Crippen LogP) is 2.64. The number of hydrogen-bond acceptors (Lipinski definition) is 4. The molecule has 3 rings (SSSR count). The molecule has 0 amide bonds. The second-order valence-electron chi connectivity index (χ2n) is 4.43. The second kappa shape index (κ2) is 4.74. The molecule has 4 nitrogen and oxygen atoms in total. The number of hydrogen-bond donors (Lipinski definition) is 1. The van der Waals surface area contributed by atoms with Crippen LogP contribution in [0.15, 0.2) is 29.0 Å². The average molecular weight is 305 g/mol. The molecule has 92 valence electrons. The van der Waals surface area contributed by atoms with Gasteiger partial charge in [0.15, 0.2) is 5.82 Å². The van der Waals surface area contributed by atoms with Gasteiger partial charge in [-0.1, -0.05) is 0 Å². The number of aromatic nitrogens is 3. The van der Waals surface area contributed by atoms with E-state index in [2.05, 4.69) is 30.9 Å². The van der Waals surface area contributed by atoms with Gasteiger partial charge in [-0.25, -0.2) is 9.97 Å². The topological polar surface area (TPSA) is 64.7 Å². The van der Waals surface area contributed by atoms with Crippen LogP contribution in [0.4, 0.5) is 0 Å². The fourth-order valence-electron chi connectivity index (χ4n) is 2.25. The van der Waals surface area contributed by atoms with Crippen LogP contribution < -0.4 is 5.73 Å². The van der Waals surface area contributed by atoms with E-state index in [-0.39, 0.29) is 6.04 Å². The van der Waals surface area contributed by atoms with E-state index in [0.717, 1.165) is 40.7 Å². The minimum absolute atomic E-state index is 0.0787. The van der Waals surface area contributed by atoms with Crippen molar-refractivity contribution in [2.45, 2.75) is 25.3 Å². The summed E-state index contributed by atoms with van der Waals surface area (Å²) in [6, 6.07) is 3.90. The molecule has 1 aliphatic rings. The molecule has 2 aromatic rings. The van der Waals surface area contributed by atoms with Crippen molar-refractivity contribution in [3.8, 4) is 11.5 Å². The number of rotatable bonds is 1. The van der Waals surface area contributed by atoms with Crippen LogP contribution in [-0.2, 0) is 6.42 Å².